The van der Waals surface area contributed by atoms with Gasteiger partial charge in [0.05, 0.1) is 11.8 Å². The smallest absolute Gasteiger partial charge is 0.307 e. The zero-order valence-electron chi connectivity index (χ0n) is 8.99. The van der Waals surface area contributed by atoms with Crippen LogP contribution in [0.5, 0.6) is 0 Å². The van der Waals surface area contributed by atoms with Gasteiger partial charge in [-0.3, -0.25) is 9.59 Å². The van der Waals surface area contributed by atoms with Crippen LogP contribution in [0.3, 0.4) is 0 Å². The molecule has 0 aromatic heterocycles. The Morgan fingerprint density at radius 2 is 2.00 bits per heavy atom. The standard InChI is InChI=1S/C10H17NO4/c1-10(2,5-12)4-11-8(13)6-3-7(6)9(14)15/h6-7,12H,3-5H2,1-2H3,(H,11,13)(H,14,15)/t6-,7+/m1/s1. The number of carboxylic acid groups (broad SMARTS) is 1. The number of hydrogen-bond acceptors (Lipinski definition) is 3. The van der Waals surface area contributed by atoms with Crippen molar-refractivity contribution in [1.82, 2.24) is 5.32 Å². The summed E-state index contributed by atoms with van der Waals surface area (Å²) in [6, 6.07) is 0. The van der Waals surface area contributed by atoms with Crippen LogP contribution in [0.25, 0.3) is 0 Å². The Balaban J connectivity index is 2.30. The molecule has 86 valence electrons. The number of carbonyl (C=O) groups excluding carboxylic acids is 1. The van der Waals surface area contributed by atoms with Gasteiger partial charge in [-0.25, -0.2) is 0 Å². The van der Waals surface area contributed by atoms with Crippen LogP contribution in [0.2, 0.25) is 0 Å². The molecule has 0 saturated heterocycles. The molecule has 15 heavy (non-hydrogen) atoms. The van der Waals surface area contributed by atoms with E-state index in [0.717, 1.165) is 0 Å². The third-order valence-electron chi connectivity index (χ3n) is 2.61. The highest BCUT2D eigenvalue weighted by atomic mass is 16.4. The molecular formula is C10H17NO4. The first-order valence-corrected chi connectivity index (χ1v) is 4.99. The lowest BCUT2D eigenvalue weighted by atomic mass is 9.95. The van der Waals surface area contributed by atoms with Gasteiger partial charge in [0, 0.05) is 18.6 Å². The molecule has 5 nitrogen and oxygen atoms in total. The van der Waals surface area contributed by atoms with Gasteiger partial charge in [0.1, 0.15) is 0 Å². The van der Waals surface area contributed by atoms with E-state index in [-0.39, 0.29) is 23.8 Å². The van der Waals surface area contributed by atoms with Gasteiger partial charge in [-0.2, -0.15) is 0 Å². The molecule has 0 radical (unpaired) electrons. The minimum Gasteiger partial charge on any atom is -0.481 e. The molecule has 3 N–H and O–H groups in total. The maximum Gasteiger partial charge on any atom is 0.307 e. The normalized spacial score (nSPS) is 24.7. The maximum atomic E-state index is 11.4. The first kappa shape index (κ1) is 12.0. The predicted octanol–water partition coefficient (Wildman–Crippen LogP) is -0.158. The van der Waals surface area contributed by atoms with E-state index in [9.17, 15) is 9.59 Å². The monoisotopic (exact) mass is 215 g/mol. The summed E-state index contributed by atoms with van der Waals surface area (Å²) < 4.78 is 0. The van der Waals surface area contributed by atoms with Crippen molar-refractivity contribution in [3.63, 3.8) is 0 Å². The lowest BCUT2D eigenvalue weighted by Crippen LogP contribution is -2.37. The number of amides is 1. The van der Waals surface area contributed by atoms with Crippen LogP contribution in [-0.2, 0) is 9.59 Å². The average molecular weight is 215 g/mol. The fourth-order valence-corrected chi connectivity index (χ4v) is 1.27. The van der Waals surface area contributed by atoms with Crippen LogP contribution >= 0.6 is 0 Å². The number of carboxylic acids is 1. The molecular weight excluding hydrogens is 198 g/mol. The summed E-state index contributed by atoms with van der Waals surface area (Å²) in [5.41, 5.74) is -0.358. The van der Waals surface area contributed by atoms with Crippen molar-refractivity contribution in [1.29, 1.82) is 0 Å². The molecule has 0 spiro atoms. The van der Waals surface area contributed by atoms with Gasteiger partial charge in [0.25, 0.3) is 0 Å². The van der Waals surface area contributed by atoms with Crippen LogP contribution in [0.4, 0.5) is 0 Å². The molecule has 1 amide bonds. The first-order valence-electron chi connectivity index (χ1n) is 4.99. The Kier molecular flexibility index (Phi) is 3.34. The molecule has 0 unspecified atom stereocenters. The number of hydrogen-bond donors (Lipinski definition) is 3. The third kappa shape index (κ3) is 3.20. The Labute approximate surface area is 88.5 Å². The molecule has 1 rings (SSSR count). The molecule has 0 bridgehead atoms. The molecule has 0 aromatic rings. The fourth-order valence-electron chi connectivity index (χ4n) is 1.27. The second kappa shape index (κ2) is 4.18. The van der Waals surface area contributed by atoms with Crippen molar-refractivity contribution in [2.75, 3.05) is 13.2 Å². The Hall–Kier alpha value is -1.10. The molecule has 1 aliphatic rings. The Morgan fingerprint density at radius 1 is 1.40 bits per heavy atom. The van der Waals surface area contributed by atoms with E-state index < -0.39 is 11.9 Å². The van der Waals surface area contributed by atoms with Crippen molar-refractivity contribution < 1.29 is 19.8 Å². The zero-order valence-corrected chi connectivity index (χ0v) is 8.99. The van der Waals surface area contributed by atoms with Gasteiger partial charge in [0.2, 0.25) is 5.91 Å². The summed E-state index contributed by atoms with van der Waals surface area (Å²) in [5.74, 6) is -2.01. The van der Waals surface area contributed by atoms with Crippen molar-refractivity contribution in [3.05, 3.63) is 0 Å². The molecule has 1 saturated carbocycles. The minimum atomic E-state index is -0.906. The first-order chi connectivity index (χ1) is 6.87. The van der Waals surface area contributed by atoms with E-state index in [0.29, 0.717) is 13.0 Å². The second-order valence-corrected chi connectivity index (χ2v) is 4.83. The summed E-state index contributed by atoms with van der Waals surface area (Å²) in [7, 11) is 0. The van der Waals surface area contributed by atoms with Crippen molar-refractivity contribution >= 4 is 11.9 Å². The van der Waals surface area contributed by atoms with Gasteiger partial charge in [-0.05, 0) is 6.42 Å². The number of aliphatic hydroxyl groups is 1. The summed E-state index contributed by atoms with van der Waals surface area (Å²) in [5, 5.41) is 20.2. The highest BCUT2D eigenvalue weighted by Crippen LogP contribution is 2.38. The summed E-state index contributed by atoms with van der Waals surface area (Å²) in [6.07, 6.45) is 0.431. The SMILES string of the molecule is CC(C)(CO)CNC(=O)[C@@H]1C[C@@H]1C(=O)O. The quantitative estimate of drug-likeness (QED) is 0.595. The van der Waals surface area contributed by atoms with E-state index in [1.807, 2.05) is 13.8 Å². The number of carbonyl (C=O) groups is 2. The van der Waals surface area contributed by atoms with Crippen LogP contribution in [0.1, 0.15) is 20.3 Å². The maximum absolute atomic E-state index is 11.4. The molecule has 0 aromatic carbocycles. The predicted molar refractivity (Wildman–Crippen MR) is 53.1 cm³/mol. The van der Waals surface area contributed by atoms with Crippen LogP contribution < -0.4 is 5.32 Å². The molecule has 0 heterocycles. The van der Waals surface area contributed by atoms with E-state index in [2.05, 4.69) is 5.32 Å². The average Bonchev–Trinajstić information content (AvgIpc) is 2.94. The second-order valence-electron chi connectivity index (χ2n) is 4.83. The van der Waals surface area contributed by atoms with E-state index in [1.165, 1.54) is 0 Å². The summed E-state index contributed by atoms with van der Waals surface area (Å²) >= 11 is 0. The highest BCUT2D eigenvalue weighted by molar-refractivity contribution is 5.89. The molecule has 5 heteroatoms. The summed E-state index contributed by atoms with van der Waals surface area (Å²) in [4.78, 5) is 21.9. The van der Waals surface area contributed by atoms with Gasteiger partial charge in [-0.15, -0.1) is 0 Å². The van der Waals surface area contributed by atoms with Gasteiger partial charge in [0.15, 0.2) is 0 Å². The topological polar surface area (TPSA) is 86.6 Å². The Morgan fingerprint density at radius 3 is 2.40 bits per heavy atom. The number of rotatable bonds is 5. The highest BCUT2D eigenvalue weighted by Gasteiger charge is 2.48. The van der Waals surface area contributed by atoms with Gasteiger partial charge in [-0.1, -0.05) is 13.8 Å². The van der Waals surface area contributed by atoms with Crippen LogP contribution in [-0.4, -0.2) is 35.2 Å². The minimum absolute atomic E-state index is 0.0136. The zero-order chi connectivity index (χ0) is 11.6. The number of aliphatic hydroxyl groups excluding tert-OH is 1. The fraction of sp³-hybridized carbons (Fsp3) is 0.800. The van der Waals surface area contributed by atoms with E-state index >= 15 is 0 Å². The van der Waals surface area contributed by atoms with Crippen LogP contribution in [0, 0.1) is 17.3 Å². The largest absolute Gasteiger partial charge is 0.481 e. The van der Waals surface area contributed by atoms with Crippen molar-refractivity contribution in [2.45, 2.75) is 20.3 Å². The van der Waals surface area contributed by atoms with Crippen molar-refractivity contribution in [3.8, 4) is 0 Å². The molecule has 2 atom stereocenters. The number of aliphatic carboxylic acids is 1. The molecule has 0 aliphatic heterocycles. The van der Waals surface area contributed by atoms with E-state index in [1.54, 1.807) is 0 Å². The van der Waals surface area contributed by atoms with Crippen molar-refractivity contribution in [2.24, 2.45) is 17.3 Å². The van der Waals surface area contributed by atoms with Crippen LogP contribution in [0.15, 0.2) is 0 Å². The third-order valence-corrected chi connectivity index (χ3v) is 2.61. The number of nitrogens with one attached hydrogen (secondary N) is 1. The Bertz CT molecular complexity index is 275. The van der Waals surface area contributed by atoms with Gasteiger partial charge < -0.3 is 15.5 Å². The van der Waals surface area contributed by atoms with Gasteiger partial charge >= 0.3 is 5.97 Å². The summed E-state index contributed by atoms with van der Waals surface area (Å²) in [6.45, 7) is 4.01. The lowest BCUT2D eigenvalue weighted by Gasteiger charge is -2.21. The molecule has 1 aliphatic carbocycles. The molecule has 1 fully saturated rings. The van der Waals surface area contributed by atoms with E-state index in [4.69, 9.17) is 10.2 Å². The lowest BCUT2D eigenvalue weighted by molar-refractivity contribution is -0.140.